The molecule has 2 fully saturated rings. The number of nitrogens with zero attached hydrogens (tertiary/aromatic N) is 2. The zero-order valence-electron chi connectivity index (χ0n) is 11.9. The van der Waals surface area contributed by atoms with E-state index in [2.05, 4.69) is 22.3 Å². The maximum absolute atomic E-state index is 11.5. The summed E-state index contributed by atoms with van der Waals surface area (Å²) in [5.74, 6) is -0.238. The highest BCUT2D eigenvalue weighted by Gasteiger charge is 2.29. The van der Waals surface area contributed by atoms with Crippen molar-refractivity contribution in [2.24, 2.45) is 11.7 Å². The third kappa shape index (κ3) is 2.87. The fraction of sp³-hybridized carbons (Fsp3) is 0.733. The molecule has 1 saturated carbocycles. The van der Waals surface area contributed by atoms with Gasteiger partial charge >= 0.3 is 0 Å². The lowest BCUT2D eigenvalue weighted by Gasteiger charge is -2.30. The molecule has 1 aromatic rings. The van der Waals surface area contributed by atoms with Gasteiger partial charge in [-0.05, 0) is 38.3 Å². The van der Waals surface area contributed by atoms with Crippen molar-refractivity contribution in [1.82, 2.24) is 15.1 Å². The molecule has 2 unspecified atom stereocenters. The first-order valence-electron chi connectivity index (χ1n) is 7.81. The molecule has 0 bridgehead atoms. The first kappa shape index (κ1) is 13.6. The van der Waals surface area contributed by atoms with Crippen molar-refractivity contribution < 1.29 is 4.79 Å². The Bertz CT molecular complexity index is 464. The molecule has 0 radical (unpaired) electrons. The molecular weight excluding hydrogens is 252 g/mol. The van der Waals surface area contributed by atoms with Crippen LogP contribution in [0.3, 0.4) is 0 Å². The maximum Gasteiger partial charge on any atom is 0.222 e. The van der Waals surface area contributed by atoms with E-state index in [-0.39, 0.29) is 17.9 Å². The van der Waals surface area contributed by atoms with Gasteiger partial charge < -0.3 is 11.1 Å². The van der Waals surface area contributed by atoms with E-state index in [1.54, 1.807) is 0 Å². The lowest BCUT2D eigenvalue weighted by molar-refractivity contribution is -0.123. The van der Waals surface area contributed by atoms with Crippen molar-refractivity contribution in [2.45, 2.75) is 57.0 Å². The van der Waals surface area contributed by atoms with E-state index in [1.165, 1.54) is 25.7 Å². The average Bonchev–Trinajstić information content (AvgIpc) is 3.09. The summed E-state index contributed by atoms with van der Waals surface area (Å²) in [5, 5.41) is 8.13. The molecule has 110 valence electrons. The Labute approximate surface area is 119 Å². The number of piperidine rings is 1. The number of nitrogens with two attached hydrogens (primary N) is 1. The average molecular weight is 276 g/mol. The Morgan fingerprint density at radius 2 is 2.15 bits per heavy atom. The second-order valence-electron chi connectivity index (χ2n) is 6.14. The fourth-order valence-corrected chi connectivity index (χ4v) is 3.59. The van der Waals surface area contributed by atoms with Crippen LogP contribution in [0.1, 0.15) is 50.3 Å². The molecule has 2 heterocycles. The molecule has 0 aromatic carbocycles. The van der Waals surface area contributed by atoms with Crippen LogP contribution in [0.15, 0.2) is 12.3 Å². The largest absolute Gasteiger partial charge is 0.369 e. The second kappa shape index (κ2) is 5.95. The number of nitrogens with one attached hydrogen (secondary N) is 1. The van der Waals surface area contributed by atoms with Crippen molar-refractivity contribution in [3.05, 3.63) is 18.0 Å². The van der Waals surface area contributed by atoms with E-state index in [0.717, 1.165) is 31.5 Å². The Morgan fingerprint density at radius 3 is 2.90 bits per heavy atom. The number of carbonyl (C=O) groups excluding carboxylic acids is 1. The molecule has 1 saturated heterocycles. The molecule has 0 spiro atoms. The van der Waals surface area contributed by atoms with Crippen LogP contribution in [0, 0.1) is 5.92 Å². The first-order chi connectivity index (χ1) is 9.74. The van der Waals surface area contributed by atoms with Gasteiger partial charge in [0.2, 0.25) is 5.91 Å². The lowest BCUT2D eigenvalue weighted by Crippen LogP contribution is -2.48. The summed E-state index contributed by atoms with van der Waals surface area (Å²) in [5.41, 5.74) is 6.58. The monoisotopic (exact) mass is 276 g/mol. The van der Waals surface area contributed by atoms with Crippen LogP contribution in [-0.2, 0) is 11.2 Å². The fourth-order valence-electron chi connectivity index (χ4n) is 3.59. The zero-order chi connectivity index (χ0) is 13.9. The van der Waals surface area contributed by atoms with Crippen LogP contribution in [0.5, 0.6) is 0 Å². The first-order valence-corrected chi connectivity index (χ1v) is 7.81. The van der Waals surface area contributed by atoms with Crippen LogP contribution in [-0.4, -0.2) is 28.3 Å². The van der Waals surface area contributed by atoms with E-state index < -0.39 is 0 Å². The number of primary amides is 1. The molecule has 5 heteroatoms. The predicted octanol–water partition coefficient (Wildman–Crippen LogP) is 1.39. The van der Waals surface area contributed by atoms with Crippen molar-refractivity contribution in [3.8, 4) is 0 Å². The summed E-state index contributed by atoms with van der Waals surface area (Å²) in [6.07, 6.45) is 9.93. The van der Waals surface area contributed by atoms with Gasteiger partial charge in [0.25, 0.3) is 0 Å². The standard InChI is InChI=1S/C15H24N4O/c16-15(20)13-6-3-8-17-14(13)10-11-7-9-19(18-11)12-4-1-2-5-12/h7,9,12-14,17H,1-6,8,10H2,(H2,16,20). The van der Waals surface area contributed by atoms with Crippen molar-refractivity contribution in [1.29, 1.82) is 0 Å². The van der Waals surface area contributed by atoms with Gasteiger partial charge in [0.05, 0.1) is 17.7 Å². The topological polar surface area (TPSA) is 72.9 Å². The van der Waals surface area contributed by atoms with Crippen molar-refractivity contribution in [3.63, 3.8) is 0 Å². The minimum absolute atomic E-state index is 0.0552. The molecule has 3 rings (SSSR count). The van der Waals surface area contributed by atoms with Crippen LogP contribution < -0.4 is 11.1 Å². The van der Waals surface area contributed by atoms with Gasteiger partial charge in [0.1, 0.15) is 0 Å². The minimum Gasteiger partial charge on any atom is -0.369 e. The third-order valence-electron chi connectivity index (χ3n) is 4.74. The molecule has 2 atom stereocenters. The molecular formula is C15H24N4O. The van der Waals surface area contributed by atoms with Gasteiger partial charge in [-0.25, -0.2) is 0 Å². The van der Waals surface area contributed by atoms with Crippen LogP contribution in [0.2, 0.25) is 0 Å². The molecule has 2 aliphatic rings. The SMILES string of the molecule is NC(=O)C1CCCNC1Cc1ccn(C2CCCC2)n1. The van der Waals surface area contributed by atoms with Gasteiger partial charge in [-0.1, -0.05) is 12.8 Å². The van der Waals surface area contributed by atoms with Crippen molar-refractivity contribution in [2.75, 3.05) is 6.54 Å². The summed E-state index contributed by atoms with van der Waals surface area (Å²) in [6, 6.07) is 2.82. The molecule has 1 amide bonds. The third-order valence-corrected chi connectivity index (χ3v) is 4.74. The Kier molecular flexibility index (Phi) is 4.05. The highest BCUT2D eigenvalue weighted by molar-refractivity contribution is 5.77. The van der Waals surface area contributed by atoms with Crippen LogP contribution in [0.4, 0.5) is 0 Å². The van der Waals surface area contributed by atoms with Gasteiger partial charge in [-0.15, -0.1) is 0 Å². The van der Waals surface area contributed by atoms with E-state index in [1.807, 2.05) is 0 Å². The normalized spacial score (nSPS) is 27.8. The summed E-state index contributed by atoms with van der Waals surface area (Å²) in [4.78, 5) is 11.5. The number of carbonyl (C=O) groups is 1. The maximum atomic E-state index is 11.5. The highest BCUT2D eigenvalue weighted by atomic mass is 16.1. The predicted molar refractivity (Wildman–Crippen MR) is 77.1 cm³/mol. The summed E-state index contributed by atoms with van der Waals surface area (Å²) < 4.78 is 2.12. The quantitative estimate of drug-likeness (QED) is 0.873. The van der Waals surface area contributed by atoms with Crippen LogP contribution >= 0.6 is 0 Å². The molecule has 1 aromatic heterocycles. The van der Waals surface area contributed by atoms with E-state index in [9.17, 15) is 4.79 Å². The summed E-state index contributed by atoms with van der Waals surface area (Å²) in [6.45, 7) is 0.970. The lowest BCUT2D eigenvalue weighted by atomic mass is 9.87. The zero-order valence-corrected chi connectivity index (χ0v) is 11.9. The van der Waals surface area contributed by atoms with E-state index >= 15 is 0 Å². The van der Waals surface area contributed by atoms with Gasteiger partial charge in [0.15, 0.2) is 0 Å². The summed E-state index contributed by atoms with van der Waals surface area (Å²) >= 11 is 0. The van der Waals surface area contributed by atoms with E-state index in [0.29, 0.717) is 6.04 Å². The number of amides is 1. The molecule has 20 heavy (non-hydrogen) atoms. The molecule has 1 aliphatic carbocycles. The minimum atomic E-state index is -0.183. The smallest absolute Gasteiger partial charge is 0.222 e. The molecule has 5 nitrogen and oxygen atoms in total. The number of hydrogen-bond donors (Lipinski definition) is 2. The van der Waals surface area contributed by atoms with Gasteiger partial charge in [0, 0.05) is 18.7 Å². The number of rotatable bonds is 4. The van der Waals surface area contributed by atoms with Crippen LogP contribution in [0.25, 0.3) is 0 Å². The Hall–Kier alpha value is -1.36. The molecule has 3 N–H and O–H groups in total. The van der Waals surface area contributed by atoms with E-state index in [4.69, 9.17) is 10.8 Å². The Balaban J connectivity index is 1.65. The summed E-state index contributed by atoms with van der Waals surface area (Å²) in [7, 11) is 0. The number of hydrogen-bond acceptors (Lipinski definition) is 3. The second-order valence-corrected chi connectivity index (χ2v) is 6.14. The van der Waals surface area contributed by atoms with Crippen molar-refractivity contribution >= 4 is 5.91 Å². The molecule has 1 aliphatic heterocycles. The highest BCUT2D eigenvalue weighted by Crippen LogP contribution is 2.29. The van der Waals surface area contributed by atoms with Gasteiger partial charge in [-0.3, -0.25) is 9.48 Å². The number of aromatic nitrogens is 2. The Morgan fingerprint density at radius 1 is 1.35 bits per heavy atom. The van der Waals surface area contributed by atoms with Gasteiger partial charge in [-0.2, -0.15) is 5.10 Å².